The molecule has 7 heteroatoms. The molecular weight excluding hydrogens is 269 g/mol. The van der Waals surface area contributed by atoms with Crippen LogP contribution in [0, 0.1) is 11.7 Å². The van der Waals surface area contributed by atoms with Crippen molar-refractivity contribution in [2.45, 2.75) is 24.3 Å². The minimum absolute atomic E-state index is 0.0809. The first-order valence-electron chi connectivity index (χ1n) is 6.23. The second-order valence-corrected chi connectivity index (χ2v) is 6.80. The van der Waals surface area contributed by atoms with E-state index in [4.69, 9.17) is 0 Å². The molecule has 2 rings (SSSR count). The van der Waals surface area contributed by atoms with Gasteiger partial charge in [0, 0.05) is 25.3 Å². The summed E-state index contributed by atoms with van der Waals surface area (Å²) in [6.07, 6.45) is 2.93. The molecular formula is C12H18FN3O2S. The van der Waals surface area contributed by atoms with Crippen LogP contribution in [0.2, 0.25) is 0 Å². The van der Waals surface area contributed by atoms with E-state index in [9.17, 15) is 12.8 Å². The molecule has 1 saturated heterocycles. The molecule has 106 valence electrons. The standard InChI is InChI=1S/C12H18FN3O2S/c1-9-8-16(4-3-12(9)14-2)19(17,18)11-5-10(13)6-15-7-11/h5-7,9,12,14H,3-4,8H2,1-2H3. The summed E-state index contributed by atoms with van der Waals surface area (Å²) in [6.45, 7) is 2.88. The quantitative estimate of drug-likeness (QED) is 0.895. The van der Waals surface area contributed by atoms with E-state index in [-0.39, 0.29) is 10.8 Å². The van der Waals surface area contributed by atoms with E-state index in [1.165, 1.54) is 10.5 Å². The summed E-state index contributed by atoms with van der Waals surface area (Å²) in [7, 11) is -1.77. The Labute approximate surface area is 112 Å². The van der Waals surface area contributed by atoms with Crippen molar-refractivity contribution in [3.05, 3.63) is 24.3 Å². The Bertz CT molecular complexity index is 550. The van der Waals surface area contributed by atoms with E-state index in [1.54, 1.807) is 0 Å². The average Bonchev–Trinajstić information content (AvgIpc) is 2.38. The SMILES string of the molecule is CNC1CCN(S(=O)(=O)c2cncc(F)c2)CC1C. The first-order valence-corrected chi connectivity index (χ1v) is 7.67. The molecule has 1 N–H and O–H groups in total. The van der Waals surface area contributed by atoms with Crippen LogP contribution in [0.25, 0.3) is 0 Å². The number of nitrogens with one attached hydrogen (secondary N) is 1. The van der Waals surface area contributed by atoms with Crippen molar-refractivity contribution < 1.29 is 12.8 Å². The predicted molar refractivity (Wildman–Crippen MR) is 69.6 cm³/mol. The van der Waals surface area contributed by atoms with Gasteiger partial charge in [0.15, 0.2) is 0 Å². The number of hydrogen-bond donors (Lipinski definition) is 1. The van der Waals surface area contributed by atoms with Crippen molar-refractivity contribution in [3.8, 4) is 0 Å². The van der Waals surface area contributed by atoms with E-state index in [0.29, 0.717) is 19.1 Å². The molecule has 2 heterocycles. The van der Waals surface area contributed by atoms with Gasteiger partial charge in [0.05, 0.1) is 6.20 Å². The summed E-state index contributed by atoms with van der Waals surface area (Å²) < 4.78 is 39.3. The molecule has 0 radical (unpaired) electrons. The molecule has 19 heavy (non-hydrogen) atoms. The summed E-state index contributed by atoms with van der Waals surface area (Å²) in [4.78, 5) is 3.52. The fourth-order valence-electron chi connectivity index (χ4n) is 2.44. The maximum atomic E-state index is 13.1. The van der Waals surface area contributed by atoms with Gasteiger partial charge in [-0.1, -0.05) is 6.92 Å². The maximum absolute atomic E-state index is 13.1. The molecule has 0 aromatic carbocycles. The van der Waals surface area contributed by atoms with Crippen LogP contribution in [0.4, 0.5) is 4.39 Å². The number of piperidine rings is 1. The monoisotopic (exact) mass is 287 g/mol. The highest BCUT2D eigenvalue weighted by Gasteiger charge is 2.33. The lowest BCUT2D eigenvalue weighted by Gasteiger charge is -2.35. The molecule has 0 aliphatic carbocycles. The van der Waals surface area contributed by atoms with Gasteiger partial charge in [-0.15, -0.1) is 0 Å². The van der Waals surface area contributed by atoms with Crippen LogP contribution in [0.5, 0.6) is 0 Å². The molecule has 1 aromatic heterocycles. The first-order chi connectivity index (χ1) is 8.95. The topological polar surface area (TPSA) is 62.3 Å². The third kappa shape index (κ3) is 2.93. The summed E-state index contributed by atoms with van der Waals surface area (Å²) in [6, 6.07) is 1.33. The van der Waals surface area contributed by atoms with Crippen molar-refractivity contribution in [2.75, 3.05) is 20.1 Å². The highest BCUT2D eigenvalue weighted by atomic mass is 32.2. The number of halogens is 1. The summed E-state index contributed by atoms with van der Waals surface area (Å²) in [5.41, 5.74) is 0. The van der Waals surface area contributed by atoms with Crippen LogP contribution in [0.1, 0.15) is 13.3 Å². The normalized spacial score (nSPS) is 25.4. The van der Waals surface area contributed by atoms with E-state index < -0.39 is 15.8 Å². The molecule has 0 amide bonds. The third-order valence-corrected chi connectivity index (χ3v) is 5.39. The molecule has 2 unspecified atom stereocenters. The molecule has 0 spiro atoms. The number of sulfonamides is 1. The minimum Gasteiger partial charge on any atom is -0.317 e. The van der Waals surface area contributed by atoms with Crippen molar-refractivity contribution >= 4 is 10.0 Å². The van der Waals surface area contributed by atoms with Crippen LogP contribution in [-0.2, 0) is 10.0 Å². The van der Waals surface area contributed by atoms with E-state index in [2.05, 4.69) is 10.3 Å². The Hall–Kier alpha value is -1.05. The lowest BCUT2D eigenvalue weighted by atomic mass is 9.96. The molecule has 2 atom stereocenters. The summed E-state index contributed by atoms with van der Waals surface area (Å²) in [5, 5.41) is 3.18. The summed E-state index contributed by atoms with van der Waals surface area (Å²) >= 11 is 0. The lowest BCUT2D eigenvalue weighted by Crippen LogP contribution is -2.49. The van der Waals surface area contributed by atoms with Gasteiger partial charge in [-0.2, -0.15) is 4.31 Å². The van der Waals surface area contributed by atoms with Gasteiger partial charge < -0.3 is 5.32 Å². The lowest BCUT2D eigenvalue weighted by molar-refractivity contribution is 0.228. The number of pyridine rings is 1. The van der Waals surface area contributed by atoms with Gasteiger partial charge >= 0.3 is 0 Å². The molecule has 0 bridgehead atoms. The van der Waals surface area contributed by atoms with Gasteiger partial charge in [0.1, 0.15) is 10.7 Å². The number of hydrogen-bond acceptors (Lipinski definition) is 4. The van der Waals surface area contributed by atoms with Gasteiger partial charge in [-0.3, -0.25) is 4.98 Å². The largest absolute Gasteiger partial charge is 0.317 e. The number of nitrogens with zero attached hydrogens (tertiary/aromatic N) is 2. The zero-order valence-corrected chi connectivity index (χ0v) is 11.8. The molecule has 0 saturated carbocycles. The van der Waals surface area contributed by atoms with Crippen LogP contribution < -0.4 is 5.32 Å². The van der Waals surface area contributed by atoms with E-state index in [1.807, 2.05) is 14.0 Å². The Morgan fingerprint density at radius 1 is 1.47 bits per heavy atom. The van der Waals surface area contributed by atoms with Crippen molar-refractivity contribution in [2.24, 2.45) is 5.92 Å². The van der Waals surface area contributed by atoms with Gasteiger partial charge in [-0.05, 0) is 25.5 Å². The van der Waals surface area contributed by atoms with E-state index >= 15 is 0 Å². The first kappa shape index (κ1) is 14.4. The Balaban J connectivity index is 2.22. The molecule has 1 aromatic rings. The predicted octanol–water partition coefficient (Wildman–Crippen LogP) is 0.839. The van der Waals surface area contributed by atoms with E-state index in [0.717, 1.165) is 18.7 Å². The zero-order chi connectivity index (χ0) is 14.0. The van der Waals surface area contributed by atoms with Crippen molar-refractivity contribution in [1.82, 2.24) is 14.6 Å². The fraction of sp³-hybridized carbons (Fsp3) is 0.583. The Morgan fingerprint density at radius 3 is 2.79 bits per heavy atom. The molecule has 5 nitrogen and oxygen atoms in total. The maximum Gasteiger partial charge on any atom is 0.244 e. The van der Waals surface area contributed by atoms with Crippen LogP contribution >= 0.6 is 0 Å². The minimum atomic E-state index is -3.65. The van der Waals surface area contributed by atoms with Crippen LogP contribution in [-0.4, -0.2) is 43.9 Å². The van der Waals surface area contributed by atoms with Crippen LogP contribution in [0.15, 0.2) is 23.4 Å². The second kappa shape index (κ2) is 5.52. The second-order valence-electron chi connectivity index (χ2n) is 4.86. The number of aromatic nitrogens is 1. The Kier molecular flexibility index (Phi) is 4.17. The highest BCUT2D eigenvalue weighted by molar-refractivity contribution is 7.89. The van der Waals surface area contributed by atoms with Gasteiger partial charge in [0.2, 0.25) is 10.0 Å². The van der Waals surface area contributed by atoms with Gasteiger partial charge in [0.25, 0.3) is 0 Å². The highest BCUT2D eigenvalue weighted by Crippen LogP contribution is 2.23. The molecule has 1 aliphatic rings. The summed E-state index contributed by atoms with van der Waals surface area (Å²) in [5.74, 6) is -0.422. The smallest absolute Gasteiger partial charge is 0.244 e. The number of rotatable bonds is 3. The average molecular weight is 287 g/mol. The third-order valence-electron chi connectivity index (χ3n) is 3.56. The van der Waals surface area contributed by atoms with Crippen molar-refractivity contribution in [3.63, 3.8) is 0 Å². The van der Waals surface area contributed by atoms with Crippen LogP contribution in [0.3, 0.4) is 0 Å². The Morgan fingerprint density at radius 2 is 2.21 bits per heavy atom. The molecule has 1 fully saturated rings. The van der Waals surface area contributed by atoms with Gasteiger partial charge in [-0.25, -0.2) is 12.8 Å². The van der Waals surface area contributed by atoms with Crippen molar-refractivity contribution in [1.29, 1.82) is 0 Å². The fourth-order valence-corrected chi connectivity index (χ4v) is 3.97. The molecule has 1 aliphatic heterocycles. The zero-order valence-electron chi connectivity index (χ0n) is 11.0.